The highest BCUT2D eigenvalue weighted by Crippen LogP contribution is 2.34. The number of nitrogen functional groups attached to an aromatic ring is 1. The first-order chi connectivity index (χ1) is 17.6. The highest BCUT2D eigenvalue weighted by molar-refractivity contribution is 5.98. The third-order valence-corrected chi connectivity index (χ3v) is 6.84. The van der Waals surface area contributed by atoms with E-state index < -0.39 is 24.5 Å². The Morgan fingerprint density at radius 2 is 1.75 bits per heavy atom. The summed E-state index contributed by atoms with van der Waals surface area (Å²) >= 11 is 0. The van der Waals surface area contributed by atoms with Gasteiger partial charge in [0.25, 0.3) is 0 Å². The lowest BCUT2D eigenvalue weighted by molar-refractivity contribution is -0.0708. The molecular formula is C27H27N5O4. The van der Waals surface area contributed by atoms with Gasteiger partial charge in [-0.25, -0.2) is 15.0 Å². The maximum Gasteiger partial charge on any atom is 0.167 e. The Balaban J connectivity index is 1.15. The van der Waals surface area contributed by atoms with E-state index in [2.05, 4.69) is 69.5 Å². The molecule has 6 rings (SSSR count). The molecule has 184 valence electrons. The van der Waals surface area contributed by atoms with Gasteiger partial charge < -0.3 is 25.4 Å². The lowest BCUT2D eigenvalue weighted by Crippen LogP contribution is -2.35. The Morgan fingerprint density at radius 3 is 2.56 bits per heavy atom. The summed E-state index contributed by atoms with van der Waals surface area (Å²) in [5.74, 6) is 0.261. The van der Waals surface area contributed by atoms with Crippen molar-refractivity contribution in [3.63, 3.8) is 0 Å². The van der Waals surface area contributed by atoms with Crippen molar-refractivity contribution in [2.45, 2.75) is 37.4 Å². The molecule has 0 spiro atoms. The normalized spacial score (nSPS) is 22.2. The smallest absolute Gasteiger partial charge is 0.167 e. The van der Waals surface area contributed by atoms with Crippen LogP contribution in [0.25, 0.3) is 32.7 Å². The minimum Gasteiger partial charge on any atom is -0.394 e. The Morgan fingerprint density at radius 1 is 0.972 bits per heavy atom. The number of aryl methyl sites for hydroxylation is 1. The molecule has 1 aliphatic rings. The summed E-state index contributed by atoms with van der Waals surface area (Å²) in [6, 6.07) is 19.3. The van der Waals surface area contributed by atoms with Crippen LogP contribution in [0.2, 0.25) is 0 Å². The molecular weight excluding hydrogens is 458 g/mol. The first-order valence-corrected chi connectivity index (χ1v) is 12.0. The van der Waals surface area contributed by atoms with Crippen molar-refractivity contribution in [2.75, 3.05) is 18.9 Å². The fraction of sp³-hybridized carbons (Fsp3) is 0.296. The van der Waals surface area contributed by atoms with Crippen molar-refractivity contribution < 1.29 is 19.7 Å². The van der Waals surface area contributed by atoms with E-state index in [1.54, 1.807) is 10.9 Å². The summed E-state index contributed by atoms with van der Waals surface area (Å²) in [6.45, 7) is 0.0896. The monoisotopic (exact) mass is 485 g/mol. The Hall–Kier alpha value is -3.63. The van der Waals surface area contributed by atoms with Gasteiger partial charge in [-0.3, -0.25) is 4.57 Å². The summed E-state index contributed by atoms with van der Waals surface area (Å²) in [5, 5.41) is 25.3. The van der Waals surface area contributed by atoms with E-state index in [9.17, 15) is 10.2 Å². The molecule has 4 N–H and O–H groups in total. The van der Waals surface area contributed by atoms with Crippen LogP contribution in [0.4, 0.5) is 5.82 Å². The zero-order valence-electron chi connectivity index (χ0n) is 19.6. The Bertz CT molecular complexity index is 1540. The van der Waals surface area contributed by atoms with Crippen LogP contribution in [0.1, 0.15) is 18.2 Å². The molecule has 0 radical (unpaired) electrons. The number of anilines is 1. The highest BCUT2D eigenvalue weighted by atomic mass is 16.6. The standard InChI is InChI=1S/C27H27N5O4/c28-25-22-26(30-14-29-25)32(15-31-22)27-24(23(34)21(13-33)36-27)35-9-3-4-16-7-8-19-11-17-5-1-2-6-18(17)12-20(19)10-16/h1-2,5-8,10-12,14-15,21,23-24,27,33-34H,3-4,9,13H2,(H2,28,29,30)/t21-,23-,24-,27-/m1/s1. The van der Waals surface area contributed by atoms with Crippen LogP contribution >= 0.6 is 0 Å². The van der Waals surface area contributed by atoms with Gasteiger partial charge in [-0.2, -0.15) is 0 Å². The second kappa shape index (κ2) is 9.44. The van der Waals surface area contributed by atoms with Crippen LogP contribution in [-0.2, 0) is 15.9 Å². The topological polar surface area (TPSA) is 129 Å². The van der Waals surface area contributed by atoms with E-state index in [0.29, 0.717) is 17.8 Å². The number of fused-ring (bicyclic) bond motifs is 3. The largest absolute Gasteiger partial charge is 0.394 e. The summed E-state index contributed by atoms with van der Waals surface area (Å²) in [7, 11) is 0. The quantitative estimate of drug-likeness (QED) is 0.237. The van der Waals surface area contributed by atoms with Crippen LogP contribution in [0.5, 0.6) is 0 Å². The van der Waals surface area contributed by atoms with Crippen LogP contribution in [-0.4, -0.2) is 61.3 Å². The number of aliphatic hydroxyl groups excluding tert-OH is 2. The maximum atomic E-state index is 10.8. The van der Waals surface area contributed by atoms with Gasteiger partial charge in [0.05, 0.1) is 12.9 Å². The highest BCUT2D eigenvalue weighted by Gasteiger charge is 2.45. The number of ether oxygens (including phenoxy) is 2. The third kappa shape index (κ3) is 4.06. The lowest BCUT2D eigenvalue weighted by atomic mass is 10.0. The molecule has 0 aliphatic carbocycles. The molecule has 0 saturated carbocycles. The second-order valence-corrected chi connectivity index (χ2v) is 9.14. The van der Waals surface area contributed by atoms with Crippen molar-refractivity contribution in [1.29, 1.82) is 0 Å². The molecule has 0 amide bonds. The number of imidazole rings is 1. The average molecular weight is 486 g/mol. The first-order valence-electron chi connectivity index (χ1n) is 12.0. The van der Waals surface area contributed by atoms with Gasteiger partial charge in [0.15, 0.2) is 17.7 Å². The molecule has 36 heavy (non-hydrogen) atoms. The van der Waals surface area contributed by atoms with Crippen molar-refractivity contribution in [2.24, 2.45) is 0 Å². The fourth-order valence-electron chi connectivity index (χ4n) is 4.97. The number of aliphatic hydroxyl groups is 2. The molecule has 1 fully saturated rings. The van der Waals surface area contributed by atoms with Crippen molar-refractivity contribution in [3.8, 4) is 0 Å². The molecule has 1 saturated heterocycles. The minimum atomic E-state index is -0.995. The van der Waals surface area contributed by atoms with E-state index >= 15 is 0 Å². The van der Waals surface area contributed by atoms with Gasteiger partial charge in [-0.05, 0) is 52.1 Å². The van der Waals surface area contributed by atoms with Gasteiger partial charge in [0, 0.05) is 6.61 Å². The fourth-order valence-corrected chi connectivity index (χ4v) is 4.97. The lowest BCUT2D eigenvalue weighted by Gasteiger charge is -2.22. The SMILES string of the molecule is Nc1ncnc2c1ncn2[C@@H]1O[C@H](CO)[C@@H](O)[C@H]1OCCCc1ccc2cc3ccccc3cc2c1. The maximum absolute atomic E-state index is 10.8. The molecule has 9 nitrogen and oxygen atoms in total. The number of nitrogens with two attached hydrogens (primary N) is 1. The van der Waals surface area contributed by atoms with Crippen LogP contribution < -0.4 is 5.73 Å². The van der Waals surface area contributed by atoms with E-state index in [1.165, 1.54) is 33.4 Å². The van der Waals surface area contributed by atoms with Gasteiger partial charge >= 0.3 is 0 Å². The molecule has 4 atom stereocenters. The Labute approximate surface area is 207 Å². The van der Waals surface area contributed by atoms with Gasteiger partial charge in [-0.1, -0.05) is 42.5 Å². The number of aromatic nitrogens is 4. The first kappa shape index (κ1) is 22.8. The van der Waals surface area contributed by atoms with Gasteiger partial charge in [0.1, 0.15) is 30.2 Å². The number of rotatable bonds is 7. The van der Waals surface area contributed by atoms with Gasteiger partial charge in [0.2, 0.25) is 0 Å². The van der Waals surface area contributed by atoms with E-state index in [-0.39, 0.29) is 12.4 Å². The van der Waals surface area contributed by atoms with Crippen LogP contribution in [0, 0.1) is 0 Å². The van der Waals surface area contributed by atoms with E-state index in [0.717, 1.165) is 12.8 Å². The number of hydrogen-bond acceptors (Lipinski definition) is 8. The van der Waals surface area contributed by atoms with Crippen molar-refractivity contribution >= 4 is 38.5 Å². The minimum absolute atomic E-state index is 0.261. The zero-order valence-corrected chi connectivity index (χ0v) is 19.6. The molecule has 1 aliphatic heterocycles. The molecule has 2 aromatic heterocycles. The average Bonchev–Trinajstić information content (AvgIpc) is 3.46. The van der Waals surface area contributed by atoms with Crippen molar-refractivity contribution in [3.05, 3.63) is 72.8 Å². The second-order valence-electron chi connectivity index (χ2n) is 9.14. The zero-order chi connectivity index (χ0) is 24.6. The molecule has 0 bridgehead atoms. The summed E-state index contributed by atoms with van der Waals surface area (Å²) < 4.78 is 13.7. The number of benzene rings is 3. The molecule has 0 unspecified atom stereocenters. The van der Waals surface area contributed by atoms with E-state index in [1.807, 2.05) is 0 Å². The third-order valence-electron chi connectivity index (χ3n) is 6.84. The van der Waals surface area contributed by atoms with Crippen LogP contribution in [0.3, 0.4) is 0 Å². The van der Waals surface area contributed by atoms with Gasteiger partial charge in [-0.15, -0.1) is 0 Å². The number of hydrogen-bond donors (Lipinski definition) is 3. The molecule has 3 aromatic carbocycles. The predicted octanol–water partition coefficient (Wildman–Crippen LogP) is 2.98. The summed E-state index contributed by atoms with van der Waals surface area (Å²) in [4.78, 5) is 12.5. The Kier molecular flexibility index (Phi) is 5.98. The summed E-state index contributed by atoms with van der Waals surface area (Å²) in [6.07, 6.45) is 1.33. The van der Waals surface area contributed by atoms with Crippen molar-refractivity contribution in [1.82, 2.24) is 19.5 Å². The van der Waals surface area contributed by atoms with E-state index in [4.69, 9.17) is 15.2 Å². The van der Waals surface area contributed by atoms with Crippen LogP contribution in [0.15, 0.2) is 67.3 Å². The number of nitrogens with zero attached hydrogens (tertiary/aromatic N) is 4. The molecule has 9 heteroatoms. The molecule has 3 heterocycles. The molecule has 5 aromatic rings. The predicted molar refractivity (Wildman–Crippen MR) is 136 cm³/mol. The summed E-state index contributed by atoms with van der Waals surface area (Å²) in [5.41, 5.74) is 8.07.